The van der Waals surface area contributed by atoms with Crippen LogP contribution in [0.4, 0.5) is 5.69 Å². The van der Waals surface area contributed by atoms with E-state index in [0.717, 1.165) is 0 Å². The van der Waals surface area contributed by atoms with E-state index in [2.05, 4.69) is 10.5 Å². The molecule has 1 N–H and O–H groups in total. The molecular formula is C18H14ClN3O5. The summed E-state index contributed by atoms with van der Waals surface area (Å²) in [6.45, 7) is -0.164. The van der Waals surface area contributed by atoms with Crippen LogP contribution in [0.2, 0.25) is 5.02 Å². The molecule has 2 aromatic rings. The molecule has 2 aliphatic heterocycles. The van der Waals surface area contributed by atoms with Crippen molar-refractivity contribution in [1.29, 1.82) is 0 Å². The van der Waals surface area contributed by atoms with Gasteiger partial charge in [0.2, 0.25) is 6.79 Å². The highest BCUT2D eigenvalue weighted by molar-refractivity contribution is 6.32. The molecule has 2 heterocycles. The van der Waals surface area contributed by atoms with Gasteiger partial charge in [-0.25, -0.2) is 5.43 Å². The Bertz CT molecular complexity index is 947. The maximum Gasteiger partial charge on any atom is 0.265 e. The molecule has 0 spiro atoms. The second-order valence-electron chi connectivity index (χ2n) is 5.77. The largest absolute Gasteiger partial charge is 0.482 e. The molecule has 0 atom stereocenters. The minimum Gasteiger partial charge on any atom is -0.482 e. The van der Waals surface area contributed by atoms with Gasteiger partial charge >= 0.3 is 0 Å². The molecular weight excluding hydrogens is 374 g/mol. The highest BCUT2D eigenvalue weighted by Crippen LogP contribution is 2.39. The van der Waals surface area contributed by atoms with Crippen molar-refractivity contribution in [2.45, 2.75) is 0 Å². The fourth-order valence-corrected chi connectivity index (χ4v) is 3.02. The Morgan fingerprint density at radius 3 is 2.96 bits per heavy atom. The number of amides is 2. The van der Waals surface area contributed by atoms with Crippen LogP contribution >= 0.6 is 11.6 Å². The molecule has 4 rings (SSSR count). The summed E-state index contributed by atoms with van der Waals surface area (Å²) in [5.41, 5.74) is 3.59. The Morgan fingerprint density at radius 2 is 2.07 bits per heavy atom. The Kier molecular flexibility index (Phi) is 4.55. The predicted molar refractivity (Wildman–Crippen MR) is 97.6 cm³/mol. The molecule has 2 aromatic carbocycles. The number of hydrazone groups is 1. The predicted octanol–water partition coefficient (Wildman–Crippen LogP) is 1.94. The van der Waals surface area contributed by atoms with Crippen LogP contribution in [0.1, 0.15) is 5.56 Å². The SMILES string of the molecule is O=C(CN1C(=O)COc2ccccc21)N/N=C\c1cc(Cl)c2c(c1)OCO2. The Hall–Kier alpha value is -3.26. The number of ether oxygens (including phenoxy) is 3. The lowest BCUT2D eigenvalue weighted by Gasteiger charge is -2.28. The molecule has 0 radical (unpaired) electrons. The van der Waals surface area contributed by atoms with Crippen molar-refractivity contribution in [1.82, 2.24) is 5.43 Å². The van der Waals surface area contributed by atoms with Crippen LogP contribution in [0.15, 0.2) is 41.5 Å². The van der Waals surface area contributed by atoms with Crippen molar-refractivity contribution in [2.24, 2.45) is 5.10 Å². The van der Waals surface area contributed by atoms with Crippen LogP contribution in [0.25, 0.3) is 0 Å². The molecule has 0 bridgehead atoms. The maximum atomic E-state index is 12.2. The third-order valence-electron chi connectivity index (χ3n) is 3.96. The first-order chi connectivity index (χ1) is 13.1. The first kappa shape index (κ1) is 17.2. The maximum absolute atomic E-state index is 12.2. The van der Waals surface area contributed by atoms with Gasteiger partial charge in [0.1, 0.15) is 12.3 Å². The Morgan fingerprint density at radius 1 is 1.22 bits per heavy atom. The van der Waals surface area contributed by atoms with E-state index in [1.807, 2.05) is 0 Å². The summed E-state index contributed by atoms with van der Waals surface area (Å²) in [7, 11) is 0. The van der Waals surface area contributed by atoms with E-state index in [4.69, 9.17) is 25.8 Å². The van der Waals surface area contributed by atoms with Gasteiger partial charge in [-0.15, -0.1) is 0 Å². The number of anilines is 1. The highest BCUT2D eigenvalue weighted by atomic mass is 35.5. The number of nitrogens with zero attached hydrogens (tertiary/aromatic N) is 2. The van der Waals surface area contributed by atoms with Crippen LogP contribution in [-0.2, 0) is 9.59 Å². The molecule has 9 heteroatoms. The minimum atomic E-state index is -0.442. The summed E-state index contributed by atoms with van der Waals surface area (Å²) >= 11 is 6.10. The summed E-state index contributed by atoms with van der Waals surface area (Å²) in [6, 6.07) is 10.4. The molecule has 0 saturated heterocycles. The summed E-state index contributed by atoms with van der Waals surface area (Å²) < 4.78 is 15.9. The molecule has 0 aliphatic carbocycles. The quantitative estimate of drug-likeness (QED) is 0.639. The highest BCUT2D eigenvalue weighted by Gasteiger charge is 2.26. The van der Waals surface area contributed by atoms with E-state index in [1.54, 1.807) is 36.4 Å². The number of hydrogen-bond donors (Lipinski definition) is 1. The van der Waals surface area contributed by atoms with Gasteiger partial charge < -0.3 is 14.2 Å². The first-order valence-corrected chi connectivity index (χ1v) is 8.43. The van der Waals surface area contributed by atoms with Gasteiger partial charge in [0.05, 0.1) is 16.9 Å². The van der Waals surface area contributed by atoms with E-state index < -0.39 is 5.91 Å². The number of nitrogens with one attached hydrogen (secondary N) is 1. The van der Waals surface area contributed by atoms with Gasteiger partial charge in [0.15, 0.2) is 18.1 Å². The van der Waals surface area contributed by atoms with Crippen molar-refractivity contribution in [3.05, 3.63) is 47.0 Å². The number of hydrogen-bond acceptors (Lipinski definition) is 6. The van der Waals surface area contributed by atoms with Crippen molar-refractivity contribution < 1.29 is 23.8 Å². The molecule has 0 aromatic heterocycles. The smallest absolute Gasteiger partial charge is 0.265 e. The number of halogens is 1. The van der Waals surface area contributed by atoms with Gasteiger partial charge in [0, 0.05) is 0 Å². The molecule has 2 aliphatic rings. The Balaban J connectivity index is 1.41. The normalized spacial score (nSPS) is 14.9. The van der Waals surface area contributed by atoms with Crippen molar-refractivity contribution in [2.75, 3.05) is 24.8 Å². The monoisotopic (exact) mass is 387 g/mol. The van der Waals surface area contributed by atoms with E-state index in [1.165, 1.54) is 11.1 Å². The number of rotatable bonds is 4. The number of benzene rings is 2. The van der Waals surface area contributed by atoms with E-state index in [0.29, 0.717) is 33.5 Å². The fourth-order valence-electron chi connectivity index (χ4n) is 2.75. The van der Waals surface area contributed by atoms with Crippen LogP contribution in [0.3, 0.4) is 0 Å². The minimum absolute atomic E-state index is 0.108. The van der Waals surface area contributed by atoms with Crippen LogP contribution < -0.4 is 24.5 Å². The van der Waals surface area contributed by atoms with Crippen molar-refractivity contribution in [3.63, 3.8) is 0 Å². The average Bonchev–Trinajstić information content (AvgIpc) is 3.13. The zero-order chi connectivity index (χ0) is 18.8. The Labute approximate surface area is 159 Å². The molecule has 138 valence electrons. The van der Waals surface area contributed by atoms with E-state index in [9.17, 15) is 9.59 Å². The zero-order valence-electron chi connectivity index (χ0n) is 14.0. The number of fused-ring (bicyclic) bond motifs is 2. The van der Waals surface area contributed by atoms with E-state index in [-0.39, 0.29) is 25.9 Å². The van der Waals surface area contributed by atoms with Gasteiger partial charge in [-0.1, -0.05) is 23.7 Å². The van der Waals surface area contributed by atoms with Gasteiger partial charge in [-0.05, 0) is 29.8 Å². The number of carbonyl (C=O) groups excluding carboxylic acids is 2. The molecule has 8 nitrogen and oxygen atoms in total. The second kappa shape index (κ2) is 7.16. The average molecular weight is 388 g/mol. The molecule has 0 fully saturated rings. The molecule has 27 heavy (non-hydrogen) atoms. The summed E-state index contributed by atoms with van der Waals surface area (Å²) in [5, 5.41) is 4.30. The summed E-state index contributed by atoms with van der Waals surface area (Å²) in [4.78, 5) is 25.6. The first-order valence-electron chi connectivity index (χ1n) is 8.05. The van der Waals surface area contributed by atoms with Crippen LogP contribution in [-0.4, -0.2) is 38.0 Å². The lowest BCUT2D eigenvalue weighted by molar-refractivity contribution is -0.125. The molecule has 0 unspecified atom stereocenters. The molecule has 0 saturated carbocycles. The number of carbonyl (C=O) groups is 2. The standard InChI is InChI=1S/C18H14ClN3O5/c19-12-5-11(6-15-18(12)27-10-26-15)7-20-21-16(23)8-22-13-3-1-2-4-14(13)25-9-17(22)24/h1-7H,8-10H2,(H,21,23)/b20-7-. The van der Waals surface area contributed by atoms with Crippen molar-refractivity contribution in [3.8, 4) is 17.2 Å². The summed E-state index contributed by atoms with van der Waals surface area (Å²) in [5.74, 6) is 0.829. The number of para-hydroxylation sites is 2. The van der Waals surface area contributed by atoms with E-state index >= 15 is 0 Å². The lowest BCUT2D eigenvalue weighted by atomic mass is 10.2. The van der Waals surface area contributed by atoms with Gasteiger partial charge in [-0.3, -0.25) is 14.5 Å². The second-order valence-corrected chi connectivity index (χ2v) is 6.17. The van der Waals surface area contributed by atoms with Gasteiger partial charge in [-0.2, -0.15) is 5.10 Å². The topological polar surface area (TPSA) is 89.5 Å². The fraction of sp³-hybridized carbons (Fsp3) is 0.167. The third kappa shape index (κ3) is 3.52. The van der Waals surface area contributed by atoms with Crippen molar-refractivity contribution >= 4 is 35.3 Å². The lowest BCUT2D eigenvalue weighted by Crippen LogP contribution is -2.44. The zero-order valence-corrected chi connectivity index (χ0v) is 14.7. The summed E-state index contributed by atoms with van der Waals surface area (Å²) in [6.07, 6.45) is 1.43. The third-order valence-corrected chi connectivity index (χ3v) is 4.24. The van der Waals surface area contributed by atoms with Crippen LogP contribution in [0.5, 0.6) is 17.2 Å². The van der Waals surface area contributed by atoms with Crippen LogP contribution in [0, 0.1) is 0 Å². The van der Waals surface area contributed by atoms with Gasteiger partial charge in [0.25, 0.3) is 11.8 Å². The molecule has 2 amide bonds.